The Labute approximate surface area is 110 Å². The van der Waals surface area contributed by atoms with E-state index in [1.165, 1.54) is 0 Å². The van der Waals surface area contributed by atoms with E-state index in [1.54, 1.807) is 6.07 Å². The molecule has 0 saturated heterocycles. The highest BCUT2D eigenvalue weighted by Gasteiger charge is 2.16. The van der Waals surface area contributed by atoms with E-state index in [4.69, 9.17) is 9.68 Å². The molecule has 0 amide bonds. The fraction of sp³-hybridized carbons (Fsp3) is 0.200. The van der Waals surface area contributed by atoms with Crippen molar-refractivity contribution in [3.63, 3.8) is 0 Å². The van der Waals surface area contributed by atoms with Crippen molar-refractivity contribution in [2.24, 2.45) is 0 Å². The number of imidazole rings is 1. The van der Waals surface area contributed by atoms with Crippen LogP contribution >= 0.6 is 0 Å². The molecule has 94 valence electrons. The van der Waals surface area contributed by atoms with Crippen LogP contribution in [0.1, 0.15) is 22.6 Å². The number of furan rings is 1. The molecule has 1 aromatic carbocycles. The number of aromatic amines is 1. The lowest BCUT2D eigenvalue weighted by molar-refractivity contribution is 0.503. The Morgan fingerprint density at radius 1 is 1.21 bits per heavy atom. The zero-order valence-electron chi connectivity index (χ0n) is 11.0. The predicted molar refractivity (Wildman–Crippen MR) is 72.7 cm³/mol. The van der Waals surface area contributed by atoms with Crippen molar-refractivity contribution in [2.45, 2.75) is 20.8 Å². The fourth-order valence-electron chi connectivity index (χ4n) is 2.34. The third-order valence-electron chi connectivity index (χ3n) is 3.41. The SMILES string of the molecule is Cc1oc(C)c(-c2nc3ccc(C#N)cc3[nH]2)c1C. The van der Waals surface area contributed by atoms with Crippen LogP contribution in [-0.2, 0) is 0 Å². The van der Waals surface area contributed by atoms with Gasteiger partial charge >= 0.3 is 0 Å². The van der Waals surface area contributed by atoms with Crippen molar-refractivity contribution in [2.75, 3.05) is 0 Å². The Balaban J connectivity index is 2.24. The van der Waals surface area contributed by atoms with Gasteiger partial charge < -0.3 is 9.40 Å². The predicted octanol–water partition coefficient (Wildman–Crippen LogP) is 3.62. The van der Waals surface area contributed by atoms with E-state index in [0.717, 1.165) is 39.5 Å². The van der Waals surface area contributed by atoms with Gasteiger partial charge in [0, 0.05) is 5.56 Å². The standard InChI is InChI=1S/C15H13N3O/c1-8-9(2)19-10(3)14(8)15-17-12-5-4-11(7-16)6-13(12)18-15/h4-6H,1-3H3,(H,17,18). The van der Waals surface area contributed by atoms with Crippen LogP contribution in [0.5, 0.6) is 0 Å². The first-order chi connectivity index (χ1) is 9.10. The first-order valence-corrected chi connectivity index (χ1v) is 6.07. The third-order valence-corrected chi connectivity index (χ3v) is 3.41. The van der Waals surface area contributed by atoms with Gasteiger partial charge in [-0.1, -0.05) is 0 Å². The van der Waals surface area contributed by atoms with Crippen molar-refractivity contribution in [1.82, 2.24) is 9.97 Å². The number of fused-ring (bicyclic) bond motifs is 1. The van der Waals surface area contributed by atoms with Crippen LogP contribution in [0.2, 0.25) is 0 Å². The van der Waals surface area contributed by atoms with Crippen molar-refractivity contribution < 1.29 is 4.42 Å². The molecular weight excluding hydrogens is 238 g/mol. The molecule has 2 aromatic heterocycles. The lowest BCUT2D eigenvalue weighted by Gasteiger charge is -1.95. The van der Waals surface area contributed by atoms with Crippen LogP contribution in [0.25, 0.3) is 22.4 Å². The minimum Gasteiger partial charge on any atom is -0.466 e. The second-order valence-electron chi connectivity index (χ2n) is 4.64. The maximum atomic E-state index is 8.91. The molecule has 0 radical (unpaired) electrons. The minimum atomic E-state index is 0.625. The van der Waals surface area contributed by atoms with E-state index < -0.39 is 0 Å². The molecule has 0 atom stereocenters. The summed E-state index contributed by atoms with van der Waals surface area (Å²) in [4.78, 5) is 7.83. The summed E-state index contributed by atoms with van der Waals surface area (Å²) < 4.78 is 5.63. The lowest BCUT2D eigenvalue weighted by Crippen LogP contribution is -1.83. The van der Waals surface area contributed by atoms with E-state index in [-0.39, 0.29) is 0 Å². The summed E-state index contributed by atoms with van der Waals surface area (Å²) in [7, 11) is 0. The first kappa shape index (κ1) is 11.5. The van der Waals surface area contributed by atoms with Crippen molar-refractivity contribution >= 4 is 11.0 Å². The van der Waals surface area contributed by atoms with Crippen LogP contribution in [0.15, 0.2) is 22.6 Å². The molecule has 3 aromatic rings. The Bertz CT molecular complexity index is 818. The second-order valence-corrected chi connectivity index (χ2v) is 4.64. The first-order valence-electron chi connectivity index (χ1n) is 6.07. The summed E-state index contributed by atoms with van der Waals surface area (Å²) in [6, 6.07) is 7.56. The second kappa shape index (κ2) is 3.99. The van der Waals surface area contributed by atoms with E-state index >= 15 is 0 Å². The van der Waals surface area contributed by atoms with Gasteiger partial charge in [-0.2, -0.15) is 5.26 Å². The van der Waals surface area contributed by atoms with E-state index in [2.05, 4.69) is 16.0 Å². The normalized spacial score (nSPS) is 10.8. The topological polar surface area (TPSA) is 65.6 Å². The van der Waals surface area contributed by atoms with Crippen molar-refractivity contribution in [3.8, 4) is 17.5 Å². The largest absolute Gasteiger partial charge is 0.466 e. The number of nitrogens with zero attached hydrogens (tertiary/aromatic N) is 2. The number of rotatable bonds is 1. The summed E-state index contributed by atoms with van der Waals surface area (Å²) in [5.74, 6) is 2.55. The van der Waals surface area contributed by atoms with Gasteiger partial charge in [-0.25, -0.2) is 4.98 Å². The molecule has 0 aliphatic heterocycles. The Kier molecular flexibility index (Phi) is 2.42. The maximum Gasteiger partial charge on any atom is 0.142 e. The summed E-state index contributed by atoms with van der Waals surface area (Å²) in [5, 5.41) is 8.91. The van der Waals surface area contributed by atoms with E-state index in [0.29, 0.717) is 5.56 Å². The summed E-state index contributed by atoms with van der Waals surface area (Å²) >= 11 is 0. The number of H-pyrrole nitrogens is 1. The number of hydrogen-bond acceptors (Lipinski definition) is 3. The summed E-state index contributed by atoms with van der Waals surface area (Å²) in [6.07, 6.45) is 0. The molecule has 0 saturated carbocycles. The molecular formula is C15H13N3O. The Morgan fingerprint density at radius 2 is 2.00 bits per heavy atom. The van der Waals surface area contributed by atoms with Gasteiger partial charge in [-0.15, -0.1) is 0 Å². The highest BCUT2D eigenvalue weighted by Crippen LogP contribution is 2.30. The average Bonchev–Trinajstić information content (AvgIpc) is 2.90. The molecule has 3 rings (SSSR count). The van der Waals surface area contributed by atoms with E-state index in [1.807, 2.05) is 32.9 Å². The van der Waals surface area contributed by atoms with Gasteiger partial charge in [-0.3, -0.25) is 0 Å². The smallest absolute Gasteiger partial charge is 0.142 e. The molecule has 0 spiro atoms. The average molecular weight is 251 g/mol. The highest BCUT2D eigenvalue weighted by atomic mass is 16.3. The molecule has 1 N–H and O–H groups in total. The van der Waals surface area contributed by atoms with Crippen LogP contribution in [0.4, 0.5) is 0 Å². The van der Waals surface area contributed by atoms with Crippen LogP contribution < -0.4 is 0 Å². The minimum absolute atomic E-state index is 0.625. The van der Waals surface area contributed by atoms with Crippen LogP contribution in [-0.4, -0.2) is 9.97 Å². The van der Waals surface area contributed by atoms with Gasteiger partial charge in [0.15, 0.2) is 0 Å². The molecule has 0 fully saturated rings. The third kappa shape index (κ3) is 1.71. The van der Waals surface area contributed by atoms with Gasteiger partial charge in [-0.05, 0) is 39.0 Å². The zero-order valence-corrected chi connectivity index (χ0v) is 11.0. The van der Waals surface area contributed by atoms with Gasteiger partial charge in [0.1, 0.15) is 17.3 Å². The molecule has 4 nitrogen and oxygen atoms in total. The molecule has 0 aliphatic carbocycles. The number of aromatic nitrogens is 2. The number of aryl methyl sites for hydroxylation is 2. The maximum absolute atomic E-state index is 8.91. The van der Waals surface area contributed by atoms with Gasteiger partial charge in [0.2, 0.25) is 0 Å². The molecule has 0 bridgehead atoms. The Hall–Kier alpha value is -2.54. The number of benzene rings is 1. The van der Waals surface area contributed by atoms with E-state index in [9.17, 15) is 0 Å². The van der Waals surface area contributed by atoms with Crippen molar-refractivity contribution in [3.05, 3.63) is 40.8 Å². The number of hydrogen-bond donors (Lipinski definition) is 1. The van der Waals surface area contributed by atoms with Crippen molar-refractivity contribution in [1.29, 1.82) is 5.26 Å². The van der Waals surface area contributed by atoms with Crippen LogP contribution in [0, 0.1) is 32.1 Å². The van der Waals surface area contributed by atoms with Gasteiger partial charge in [0.05, 0.1) is 28.2 Å². The fourth-order valence-corrected chi connectivity index (χ4v) is 2.34. The van der Waals surface area contributed by atoms with Crippen LogP contribution in [0.3, 0.4) is 0 Å². The molecule has 0 unspecified atom stereocenters. The number of nitriles is 1. The molecule has 2 heterocycles. The number of nitrogens with one attached hydrogen (secondary N) is 1. The molecule has 4 heteroatoms. The quantitative estimate of drug-likeness (QED) is 0.718. The lowest BCUT2D eigenvalue weighted by atomic mass is 10.1. The summed E-state index contributed by atoms with van der Waals surface area (Å²) in [5.41, 5.74) is 4.45. The zero-order chi connectivity index (χ0) is 13.6. The van der Waals surface area contributed by atoms with Gasteiger partial charge in [0.25, 0.3) is 0 Å². The highest BCUT2D eigenvalue weighted by molar-refractivity contribution is 5.81. The molecule has 0 aliphatic rings. The Morgan fingerprint density at radius 3 is 2.63 bits per heavy atom. The summed E-state index contributed by atoms with van der Waals surface area (Å²) in [6.45, 7) is 5.90. The monoisotopic (exact) mass is 251 g/mol. The molecule has 19 heavy (non-hydrogen) atoms.